The van der Waals surface area contributed by atoms with E-state index in [2.05, 4.69) is 32.5 Å². The second kappa shape index (κ2) is 27.0. The lowest BCUT2D eigenvalue weighted by Gasteiger charge is -2.24. The average Bonchev–Trinajstić information content (AvgIpc) is 2.92. The highest BCUT2D eigenvalue weighted by atomic mass is 32.2. The number of ether oxygens (including phenoxy) is 3. The molecule has 3 unspecified atom stereocenters. The minimum atomic E-state index is -2.44. The number of hydrogen-bond acceptors (Lipinski definition) is 7. The minimum Gasteiger partial charge on any atom is -0.461 e. The van der Waals surface area contributed by atoms with Crippen LogP contribution >= 0.6 is 20.2 Å². The first-order valence-corrected chi connectivity index (χ1v) is 17.4. The van der Waals surface area contributed by atoms with E-state index < -0.39 is 20.0 Å². The van der Waals surface area contributed by atoms with E-state index in [0.29, 0.717) is 18.3 Å². The zero-order valence-corrected chi connectivity index (χ0v) is 26.8. The number of hydrogen-bond donors (Lipinski definition) is 1. The zero-order chi connectivity index (χ0) is 28.3. The highest BCUT2D eigenvalue weighted by molar-refractivity contribution is 7.99. The summed E-state index contributed by atoms with van der Waals surface area (Å²) in [4.78, 5) is 11.7. The molecule has 0 aromatic carbocycles. The summed E-state index contributed by atoms with van der Waals surface area (Å²) in [6, 6.07) is 0. The molecule has 0 aliphatic carbocycles. The number of thioether (sulfide) groups is 1. The van der Waals surface area contributed by atoms with E-state index in [0.717, 1.165) is 0 Å². The summed E-state index contributed by atoms with van der Waals surface area (Å²) < 4.78 is 27.2. The van der Waals surface area contributed by atoms with Crippen molar-refractivity contribution in [1.29, 1.82) is 0 Å². The van der Waals surface area contributed by atoms with Gasteiger partial charge < -0.3 is 19.3 Å². The molecule has 0 amide bonds. The summed E-state index contributed by atoms with van der Waals surface area (Å²) in [6.07, 6.45) is 23.2. The zero-order valence-electron chi connectivity index (χ0n) is 25.1. The number of rotatable bonds is 29. The maximum atomic E-state index is 11.7. The van der Waals surface area contributed by atoms with E-state index >= 15 is 0 Å². The van der Waals surface area contributed by atoms with E-state index in [-0.39, 0.29) is 19.3 Å². The predicted molar refractivity (Wildman–Crippen MR) is 161 cm³/mol. The number of carbonyl (C=O) groups is 1. The summed E-state index contributed by atoms with van der Waals surface area (Å²) in [5.41, 5.74) is -2.44. The van der Waals surface area contributed by atoms with Crippen molar-refractivity contribution in [2.75, 3.05) is 25.6 Å². The van der Waals surface area contributed by atoms with Gasteiger partial charge in [-0.15, -0.1) is 0 Å². The fourth-order valence-electron chi connectivity index (χ4n) is 4.40. The highest BCUT2D eigenvalue weighted by Crippen LogP contribution is 2.26. The maximum Gasteiger partial charge on any atom is 0.379 e. The van der Waals surface area contributed by atoms with Gasteiger partial charge in [0.15, 0.2) is 0 Å². The Morgan fingerprint density at radius 2 is 1.32 bits per heavy atom. The van der Waals surface area contributed by atoms with Gasteiger partial charge in [0.25, 0.3) is 0 Å². The Kier molecular flexibility index (Phi) is 26.9. The second-order valence-electron chi connectivity index (χ2n) is 10.3. The average molecular weight is 579 g/mol. The van der Waals surface area contributed by atoms with Crippen LogP contribution in [-0.2, 0) is 23.6 Å². The molecule has 0 radical (unpaired) electrons. The number of aliphatic hydroxyl groups is 1. The van der Waals surface area contributed by atoms with Crippen LogP contribution in [0.4, 0.5) is 0 Å². The molecule has 0 aromatic heterocycles. The number of esters is 1. The van der Waals surface area contributed by atoms with E-state index in [4.69, 9.17) is 14.2 Å². The molecule has 6 nitrogen and oxygen atoms in total. The summed E-state index contributed by atoms with van der Waals surface area (Å²) in [5.74, 6) is 0.150. The Bertz CT molecular complexity index is 553. The first-order chi connectivity index (χ1) is 18.4. The van der Waals surface area contributed by atoms with Crippen LogP contribution in [0.5, 0.6) is 0 Å². The molecule has 0 saturated carbocycles. The van der Waals surface area contributed by atoms with Crippen LogP contribution in [0.3, 0.4) is 0 Å². The largest absolute Gasteiger partial charge is 0.461 e. The third kappa shape index (κ3) is 20.7. The van der Waals surface area contributed by atoms with Gasteiger partial charge in [-0.05, 0) is 38.9 Å². The molecule has 0 bridgehead atoms. The van der Waals surface area contributed by atoms with Gasteiger partial charge in [-0.3, -0.25) is 4.57 Å². The van der Waals surface area contributed by atoms with Gasteiger partial charge in [-0.25, -0.2) is 4.79 Å². The molecule has 0 rings (SSSR count). The smallest absolute Gasteiger partial charge is 0.379 e. The first-order valence-electron chi connectivity index (χ1n) is 15.6. The third-order valence-electron chi connectivity index (χ3n) is 6.83. The monoisotopic (exact) mass is 578 g/mol. The molecule has 38 heavy (non-hydrogen) atoms. The van der Waals surface area contributed by atoms with Crippen molar-refractivity contribution in [2.24, 2.45) is 0 Å². The fourth-order valence-corrected chi connectivity index (χ4v) is 6.04. The van der Waals surface area contributed by atoms with Crippen LogP contribution in [0, 0.1) is 0 Å². The lowest BCUT2D eigenvalue weighted by atomic mass is 10.1. The molecule has 0 aliphatic heterocycles. The SMILES string of the molecule is CCCCCCCCCCCCSC(CCCCCCCC)C(C)OCCCOC(O)(P=O)C(=O)OCC. The number of carbonyl (C=O) groups excluding carboxylic acids is 1. The Balaban J connectivity index is 4.30. The van der Waals surface area contributed by atoms with Gasteiger partial charge in [0.05, 0.1) is 19.3 Å². The standard InChI is InChI=1S/C30H59O6PS/c1-5-8-10-12-14-15-16-17-19-21-26-38-28(23-20-18-13-11-9-6-2)27(4)35-24-22-25-36-30(32,37-33)29(31)34-7-3/h27-28,32H,5-26H2,1-4H3. The number of unbranched alkanes of at least 4 members (excludes halogenated alkanes) is 14. The van der Waals surface area contributed by atoms with Gasteiger partial charge in [-0.2, -0.15) is 11.8 Å². The van der Waals surface area contributed by atoms with Crippen LogP contribution < -0.4 is 0 Å². The van der Waals surface area contributed by atoms with E-state index in [9.17, 15) is 14.5 Å². The van der Waals surface area contributed by atoms with Crippen molar-refractivity contribution in [2.45, 2.75) is 160 Å². The van der Waals surface area contributed by atoms with Crippen LogP contribution in [0.25, 0.3) is 0 Å². The Hall–Kier alpha value is -0.200. The molecule has 0 heterocycles. The van der Waals surface area contributed by atoms with Crippen molar-refractivity contribution in [3.63, 3.8) is 0 Å². The normalized spacial score (nSPS) is 14.9. The molecule has 0 aromatic rings. The molecule has 8 heteroatoms. The quantitative estimate of drug-likeness (QED) is 0.0410. The fraction of sp³-hybridized carbons (Fsp3) is 0.967. The van der Waals surface area contributed by atoms with Crippen molar-refractivity contribution in [3.8, 4) is 0 Å². The summed E-state index contributed by atoms with van der Waals surface area (Å²) in [5, 5.41) is 10.5. The van der Waals surface area contributed by atoms with Crippen molar-refractivity contribution >= 4 is 26.2 Å². The van der Waals surface area contributed by atoms with Gasteiger partial charge >= 0.3 is 11.5 Å². The van der Waals surface area contributed by atoms with Gasteiger partial charge in [-0.1, -0.05) is 110 Å². The van der Waals surface area contributed by atoms with E-state index in [1.165, 1.54) is 115 Å². The van der Waals surface area contributed by atoms with Gasteiger partial charge in [0.1, 0.15) is 0 Å². The van der Waals surface area contributed by atoms with E-state index in [1.54, 1.807) is 6.92 Å². The summed E-state index contributed by atoms with van der Waals surface area (Å²) in [6.45, 7) is 8.89. The second-order valence-corrected chi connectivity index (χ2v) is 12.5. The van der Waals surface area contributed by atoms with Crippen LogP contribution in [-0.4, -0.2) is 53.5 Å². The molecule has 226 valence electrons. The summed E-state index contributed by atoms with van der Waals surface area (Å²) in [7, 11) is -0.826. The Morgan fingerprint density at radius 1 is 0.789 bits per heavy atom. The van der Waals surface area contributed by atoms with Gasteiger partial charge in [0.2, 0.25) is 8.46 Å². The molecule has 0 spiro atoms. The molecular weight excluding hydrogens is 519 g/mol. The lowest BCUT2D eigenvalue weighted by molar-refractivity contribution is -0.196. The van der Waals surface area contributed by atoms with Crippen molar-refractivity contribution in [3.05, 3.63) is 0 Å². The molecular formula is C30H59O6PS. The first kappa shape index (κ1) is 37.8. The molecule has 0 fully saturated rings. The lowest BCUT2D eigenvalue weighted by Crippen LogP contribution is -2.38. The third-order valence-corrected chi connectivity index (χ3v) is 8.96. The van der Waals surface area contributed by atoms with Crippen LogP contribution in [0.1, 0.15) is 143 Å². The molecule has 0 aliphatic rings. The van der Waals surface area contributed by atoms with Crippen molar-refractivity contribution in [1.82, 2.24) is 0 Å². The highest BCUT2D eigenvalue weighted by Gasteiger charge is 2.40. The molecule has 3 atom stereocenters. The summed E-state index contributed by atoms with van der Waals surface area (Å²) >= 11 is 2.06. The van der Waals surface area contributed by atoms with E-state index in [1.807, 2.05) is 0 Å². The van der Waals surface area contributed by atoms with Crippen LogP contribution in [0.2, 0.25) is 0 Å². The Labute approximate surface area is 240 Å². The van der Waals surface area contributed by atoms with Crippen LogP contribution in [0.15, 0.2) is 0 Å². The maximum absolute atomic E-state index is 11.7. The van der Waals surface area contributed by atoms with Crippen molar-refractivity contribution < 1.29 is 28.7 Å². The molecule has 1 N–H and O–H groups in total. The van der Waals surface area contributed by atoms with Gasteiger partial charge in [0, 0.05) is 11.9 Å². The Morgan fingerprint density at radius 3 is 1.84 bits per heavy atom. The topological polar surface area (TPSA) is 82.1 Å². The predicted octanol–water partition coefficient (Wildman–Crippen LogP) is 9.07. The minimum absolute atomic E-state index is 0.0606. The molecule has 0 saturated heterocycles.